The molecule has 3 rings (SSSR count). The van der Waals surface area contributed by atoms with Gasteiger partial charge < -0.3 is 10.4 Å². The van der Waals surface area contributed by atoms with Crippen molar-refractivity contribution in [2.24, 2.45) is 0 Å². The van der Waals surface area contributed by atoms with Gasteiger partial charge in [0, 0.05) is 9.79 Å². The summed E-state index contributed by atoms with van der Waals surface area (Å²) in [6.45, 7) is 0. The van der Waals surface area contributed by atoms with Gasteiger partial charge >= 0.3 is 5.97 Å². The summed E-state index contributed by atoms with van der Waals surface area (Å²) in [4.78, 5) is 13.0. The first-order valence-electron chi connectivity index (χ1n) is 5.15. The largest absolute Gasteiger partial charge is 0.478 e. The van der Waals surface area contributed by atoms with Gasteiger partial charge in [-0.2, -0.15) is 0 Å². The monoisotopic (exact) mass is 243 g/mol. The van der Waals surface area contributed by atoms with E-state index in [4.69, 9.17) is 5.11 Å². The van der Waals surface area contributed by atoms with E-state index in [1.807, 2.05) is 30.3 Å². The van der Waals surface area contributed by atoms with Crippen LogP contribution in [0.3, 0.4) is 0 Å². The summed E-state index contributed by atoms with van der Waals surface area (Å²) in [5, 5.41) is 12.2. The van der Waals surface area contributed by atoms with Crippen LogP contribution in [0.1, 0.15) is 10.4 Å². The van der Waals surface area contributed by atoms with Crippen molar-refractivity contribution in [3.63, 3.8) is 0 Å². The van der Waals surface area contributed by atoms with Gasteiger partial charge in [-0.05, 0) is 30.3 Å². The van der Waals surface area contributed by atoms with Crippen molar-refractivity contribution in [2.75, 3.05) is 5.32 Å². The molecule has 0 saturated heterocycles. The molecule has 0 amide bonds. The minimum Gasteiger partial charge on any atom is -0.478 e. The zero-order chi connectivity index (χ0) is 11.8. The fourth-order valence-electron chi connectivity index (χ4n) is 1.77. The SMILES string of the molecule is O=C(O)c1ccc2c(c1)Sc1ccccc1N2. The summed E-state index contributed by atoms with van der Waals surface area (Å²) in [5.74, 6) is -0.896. The molecule has 2 N–H and O–H groups in total. The minimum atomic E-state index is -0.896. The Morgan fingerprint density at radius 1 is 1.06 bits per heavy atom. The van der Waals surface area contributed by atoms with E-state index in [1.54, 1.807) is 23.9 Å². The van der Waals surface area contributed by atoms with Gasteiger partial charge in [0.25, 0.3) is 0 Å². The molecule has 84 valence electrons. The Hall–Kier alpha value is -1.94. The maximum atomic E-state index is 10.9. The van der Waals surface area contributed by atoms with Crippen molar-refractivity contribution >= 4 is 29.1 Å². The maximum absolute atomic E-state index is 10.9. The fraction of sp³-hybridized carbons (Fsp3) is 0. The van der Waals surface area contributed by atoms with E-state index in [2.05, 4.69) is 5.32 Å². The molecule has 0 atom stereocenters. The van der Waals surface area contributed by atoms with Crippen molar-refractivity contribution in [1.29, 1.82) is 0 Å². The quantitative estimate of drug-likeness (QED) is 0.685. The highest BCUT2D eigenvalue weighted by atomic mass is 32.2. The number of para-hydroxylation sites is 1. The molecule has 1 heterocycles. The van der Waals surface area contributed by atoms with Crippen LogP contribution in [0.25, 0.3) is 0 Å². The van der Waals surface area contributed by atoms with E-state index < -0.39 is 5.97 Å². The lowest BCUT2D eigenvalue weighted by Gasteiger charge is -2.20. The van der Waals surface area contributed by atoms with E-state index in [0.29, 0.717) is 5.56 Å². The van der Waals surface area contributed by atoms with Gasteiger partial charge in [-0.15, -0.1) is 0 Å². The standard InChI is InChI=1S/C13H9NO2S/c15-13(16)8-5-6-10-12(7-8)17-11-4-2-1-3-9(11)14-10/h1-7,14H,(H,15,16). The molecule has 2 aromatic carbocycles. The second-order valence-electron chi connectivity index (χ2n) is 3.74. The van der Waals surface area contributed by atoms with Crippen LogP contribution in [0.4, 0.5) is 11.4 Å². The molecule has 0 unspecified atom stereocenters. The van der Waals surface area contributed by atoms with Gasteiger partial charge in [0.2, 0.25) is 0 Å². The van der Waals surface area contributed by atoms with E-state index in [9.17, 15) is 4.79 Å². The van der Waals surface area contributed by atoms with E-state index >= 15 is 0 Å². The molecule has 0 aromatic heterocycles. The lowest BCUT2D eigenvalue weighted by atomic mass is 10.2. The highest BCUT2D eigenvalue weighted by Gasteiger charge is 2.16. The number of carbonyl (C=O) groups is 1. The highest BCUT2D eigenvalue weighted by Crippen LogP contribution is 2.44. The second-order valence-corrected chi connectivity index (χ2v) is 4.82. The molecular weight excluding hydrogens is 234 g/mol. The average molecular weight is 243 g/mol. The zero-order valence-electron chi connectivity index (χ0n) is 8.81. The molecule has 3 nitrogen and oxygen atoms in total. The number of rotatable bonds is 1. The predicted octanol–water partition coefficient (Wildman–Crippen LogP) is 3.59. The Balaban J connectivity index is 2.06. The first kappa shape index (κ1) is 10.2. The van der Waals surface area contributed by atoms with Crippen molar-refractivity contribution < 1.29 is 9.90 Å². The van der Waals surface area contributed by atoms with Gasteiger partial charge in [0.1, 0.15) is 0 Å². The number of carboxylic acid groups (broad SMARTS) is 1. The predicted molar refractivity (Wildman–Crippen MR) is 67.2 cm³/mol. The van der Waals surface area contributed by atoms with Crippen LogP contribution in [0.2, 0.25) is 0 Å². The Morgan fingerprint density at radius 3 is 2.65 bits per heavy atom. The van der Waals surface area contributed by atoms with Crippen LogP contribution < -0.4 is 5.32 Å². The number of aromatic carboxylic acids is 1. The van der Waals surface area contributed by atoms with Gasteiger partial charge in [0.15, 0.2) is 0 Å². The molecule has 0 radical (unpaired) electrons. The van der Waals surface area contributed by atoms with Crippen LogP contribution in [0, 0.1) is 0 Å². The lowest BCUT2D eigenvalue weighted by molar-refractivity contribution is 0.0696. The van der Waals surface area contributed by atoms with Gasteiger partial charge in [0.05, 0.1) is 16.9 Å². The molecule has 1 aliphatic rings. The Labute approximate surface area is 102 Å². The Morgan fingerprint density at radius 2 is 1.82 bits per heavy atom. The van der Waals surface area contributed by atoms with Crippen LogP contribution in [-0.2, 0) is 0 Å². The first-order valence-corrected chi connectivity index (χ1v) is 5.97. The molecule has 0 aliphatic carbocycles. The second kappa shape index (κ2) is 3.82. The molecule has 17 heavy (non-hydrogen) atoms. The molecular formula is C13H9NO2S. The third kappa shape index (κ3) is 1.76. The molecule has 0 saturated carbocycles. The van der Waals surface area contributed by atoms with Crippen molar-refractivity contribution in [3.05, 3.63) is 48.0 Å². The summed E-state index contributed by atoms with van der Waals surface area (Å²) >= 11 is 1.59. The minimum absolute atomic E-state index is 0.317. The third-order valence-electron chi connectivity index (χ3n) is 2.60. The van der Waals surface area contributed by atoms with Crippen LogP contribution >= 0.6 is 11.8 Å². The summed E-state index contributed by atoms with van der Waals surface area (Å²) in [5.41, 5.74) is 2.34. The van der Waals surface area contributed by atoms with Gasteiger partial charge in [-0.1, -0.05) is 23.9 Å². The number of carboxylic acids is 1. The number of benzene rings is 2. The van der Waals surface area contributed by atoms with Gasteiger partial charge in [-0.25, -0.2) is 4.79 Å². The Bertz CT molecular complexity index is 610. The smallest absolute Gasteiger partial charge is 0.335 e. The van der Waals surface area contributed by atoms with Crippen LogP contribution in [0.5, 0.6) is 0 Å². The van der Waals surface area contributed by atoms with Crippen molar-refractivity contribution in [2.45, 2.75) is 9.79 Å². The Kier molecular flexibility index (Phi) is 2.30. The number of hydrogen-bond donors (Lipinski definition) is 2. The summed E-state index contributed by atoms with van der Waals surface area (Å²) in [6.07, 6.45) is 0. The number of fused-ring (bicyclic) bond motifs is 2. The normalized spacial score (nSPS) is 12.2. The van der Waals surface area contributed by atoms with E-state index in [-0.39, 0.29) is 0 Å². The molecule has 0 bridgehead atoms. The van der Waals surface area contributed by atoms with E-state index in [1.165, 1.54) is 0 Å². The molecule has 0 spiro atoms. The summed E-state index contributed by atoms with van der Waals surface area (Å²) in [6, 6.07) is 13.1. The maximum Gasteiger partial charge on any atom is 0.335 e. The number of anilines is 2. The van der Waals surface area contributed by atoms with Crippen LogP contribution in [-0.4, -0.2) is 11.1 Å². The third-order valence-corrected chi connectivity index (χ3v) is 3.74. The molecule has 2 aromatic rings. The van der Waals surface area contributed by atoms with Crippen LogP contribution in [0.15, 0.2) is 52.3 Å². The molecule has 4 heteroatoms. The van der Waals surface area contributed by atoms with Crippen molar-refractivity contribution in [3.8, 4) is 0 Å². The summed E-state index contributed by atoms with van der Waals surface area (Å²) < 4.78 is 0. The first-order chi connectivity index (χ1) is 8.24. The van der Waals surface area contributed by atoms with Crippen molar-refractivity contribution in [1.82, 2.24) is 0 Å². The number of hydrogen-bond acceptors (Lipinski definition) is 3. The van der Waals surface area contributed by atoms with E-state index in [0.717, 1.165) is 21.2 Å². The number of nitrogens with one attached hydrogen (secondary N) is 1. The molecule has 0 fully saturated rings. The topological polar surface area (TPSA) is 49.3 Å². The fourth-order valence-corrected chi connectivity index (χ4v) is 2.79. The molecule has 1 aliphatic heterocycles. The highest BCUT2D eigenvalue weighted by molar-refractivity contribution is 7.99. The van der Waals surface area contributed by atoms with Gasteiger partial charge in [-0.3, -0.25) is 0 Å². The summed E-state index contributed by atoms with van der Waals surface area (Å²) in [7, 11) is 0. The lowest BCUT2D eigenvalue weighted by Crippen LogP contribution is -2.02. The zero-order valence-corrected chi connectivity index (χ0v) is 9.62. The average Bonchev–Trinajstić information content (AvgIpc) is 2.35.